The highest BCUT2D eigenvalue weighted by molar-refractivity contribution is 9.10. The second-order valence-corrected chi connectivity index (χ2v) is 8.71. The fourth-order valence-corrected chi connectivity index (χ4v) is 5.11. The van der Waals surface area contributed by atoms with Gasteiger partial charge in [-0.25, -0.2) is 4.99 Å². The minimum atomic E-state index is -0.100. The van der Waals surface area contributed by atoms with Gasteiger partial charge in [-0.05, 0) is 66.5 Å². The maximum Gasteiger partial charge on any atom is 0.277 e. The molecule has 2 heterocycles. The van der Waals surface area contributed by atoms with Crippen LogP contribution in [0, 0.1) is 20.8 Å². The molecule has 1 amide bonds. The zero-order valence-corrected chi connectivity index (χ0v) is 18.4. The molecule has 0 saturated carbocycles. The van der Waals surface area contributed by atoms with Gasteiger partial charge in [0.15, 0.2) is 0 Å². The number of amides is 1. The third kappa shape index (κ3) is 3.18. The normalized spacial score (nSPS) is 14.8. The summed E-state index contributed by atoms with van der Waals surface area (Å²) in [6.07, 6.45) is 0. The summed E-state index contributed by atoms with van der Waals surface area (Å²) in [7, 11) is 1.78. The number of rotatable bonds is 3. The van der Waals surface area contributed by atoms with Crippen molar-refractivity contribution in [1.82, 2.24) is 10.2 Å². The van der Waals surface area contributed by atoms with Crippen molar-refractivity contribution in [1.29, 1.82) is 0 Å². The Kier molecular flexibility index (Phi) is 4.89. The van der Waals surface area contributed by atoms with Crippen LogP contribution in [0.5, 0.6) is 0 Å². The molecule has 1 aliphatic heterocycles. The maximum atomic E-state index is 12.9. The number of nitrogens with one attached hydrogen (secondary N) is 1. The van der Waals surface area contributed by atoms with Crippen LogP contribution in [0.1, 0.15) is 22.5 Å². The SMILES string of the molecule is Cc1cc(Br)c2c(c1)C(=Nc1ccccc1Sc1c(C)n[nH]c1C)C(=O)N2C. The van der Waals surface area contributed by atoms with Gasteiger partial charge in [0.2, 0.25) is 0 Å². The van der Waals surface area contributed by atoms with Crippen molar-refractivity contribution >= 4 is 50.7 Å². The van der Waals surface area contributed by atoms with Gasteiger partial charge < -0.3 is 4.90 Å². The van der Waals surface area contributed by atoms with Gasteiger partial charge in [0.05, 0.1) is 22.0 Å². The second kappa shape index (κ2) is 7.22. The number of H-pyrrole nitrogens is 1. The minimum absolute atomic E-state index is 0.100. The summed E-state index contributed by atoms with van der Waals surface area (Å²) in [6, 6.07) is 11.9. The molecule has 142 valence electrons. The molecule has 5 nitrogen and oxygen atoms in total. The Hall–Kier alpha value is -2.38. The number of nitrogens with zero attached hydrogens (tertiary/aromatic N) is 3. The molecule has 0 atom stereocenters. The smallest absolute Gasteiger partial charge is 0.277 e. The Morgan fingerprint density at radius 3 is 2.64 bits per heavy atom. The van der Waals surface area contributed by atoms with Gasteiger partial charge in [-0.1, -0.05) is 23.9 Å². The van der Waals surface area contributed by atoms with Crippen LogP contribution >= 0.6 is 27.7 Å². The van der Waals surface area contributed by atoms with Crippen molar-refractivity contribution in [3.8, 4) is 0 Å². The Morgan fingerprint density at radius 2 is 1.93 bits per heavy atom. The average molecular weight is 455 g/mol. The number of hydrogen-bond acceptors (Lipinski definition) is 4. The van der Waals surface area contributed by atoms with Crippen molar-refractivity contribution in [2.24, 2.45) is 4.99 Å². The number of aromatic nitrogens is 2. The summed E-state index contributed by atoms with van der Waals surface area (Å²) in [5, 5.41) is 7.28. The van der Waals surface area contributed by atoms with E-state index in [9.17, 15) is 4.79 Å². The van der Waals surface area contributed by atoms with Crippen molar-refractivity contribution in [2.45, 2.75) is 30.6 Å². The summed E-state index contributed by atoms with van der Waals surface area (Å²) >= 11 is 5.20. The number of aromatic amines is 1. The van der Waals surface area contributed by atoms with Gasteiger partial charge in [-0.2, -0.15) is 5.10 Å². The molecule has 1 aliphatic rings. The minimum Gasteiger partial charge on any atom is -0.308 e. The van der Waals surface area contributed by atoms with E-state index >= 15 is 0 Å². The number of carbonyl (C=O) groups excluding carboxylic acids is 1. The number of fused-ring (bicyclic) bond motifs is 1. The molecule has 2 aromatic carbocycles. The lowest BCUT2D eigenvalue weighted by molar-refractivity contribution is -0.111. The molecular weight excluding hydrogens is 436 g/mol. The fraction of sp³-hybridized carbons (Fsp3) is 0.190. The number of aryl methyl sites for hydroxylation is 3. The zero-order chi connectivity index (χ0) is 20.0. The van der Waals surface area contributed by atoms with Crippen LogP contribution in [0.25, 0.3) is 0 Å². The molecule has 0 spiro atoms. The lowest BCUT2D eigenvalue weighted by atomic mass is 10.1. The lowest BCUT2D eigenvalue weighted by Gasteiger charge is -2.11. The first-order valence-electron chi connectivity index (χ1n) is 8.82. The number of carbonyl (C=O) groups is 1. The molecule has 4 rings (SSSR count). The quantitative estimate of drug-likeness (QED) is 0.580. The van der Waals surface area contributed by atoms with E-state index in [0.29, 0.717) is 5.71 Å². The summed E-state index contributed by atoms with van der Waals surface area (Å²) in [4.78, 5) is 21.4. The number of likely N-dealkylation sites (N-methyl/N-ethyl adjacent to an activating group) is 1. The van der Waals surface area contributed by atoms with Crippen LogP contribution in [0.4, 0.5) is 11.4 Å². The summed E-state index contributed by atoms with van der Waals surface area (Å²) in [5.74, 6) is -0.100. The van der Waals surface area contributed by atoms with Crippen LogP contribution in [-0.4, -0.2) is 28.9 Å². The first kappa shape index (κ1) is 19.0. The van der Waals surface area contributed by atoms with Crippen molar-refractivity contribution in [3.63, 3.8) is 0 Å². The van der Waals surface area contributed by atoms with Crippen LogP contribution in [0.3, 0.4) is 0 Å². The summed E-state index contributed by atoms with van der Waals surface area (Å²) < 4.78 is 0.899. The van der Waals surface area contributed by atoms with Crippen molar-refractivity contribution in [2.75, 3.05) is 11.9 Å². The van der Waals surface area contributed by atoms with Gasteiger partial charge in [0.25, 0.3) is 5.91 Å². The Bertz CT molecular complexity index is 1120. The highest BCUT2D eigenvalue weighted by atomic mass is 79.9. The predicted octanol–water partition coefficient (Wildman–Crippen LogP) is 5.35. The Morgan fingerprint density at radius 1 is 1.18 bits per heavy atom. The van der Waals surface area contributed by atoms with Gasteiger partial charge in [0, 0.05) is 27.7 Å². The first-order chi connectivity index (χ1) is 13.4. The monoisotopic (exact) mass is 454 g/mol. The third-order valence-electron chi connectivity index (χ3n) is 4.68. The highest BCUT2D eigenvalue weighted by Gasteiger charge is 2.33. The molecule has 7 heteroatoms. The van der Waals surface area contributed by atoms with E-state index in [0.717, 1.165) is 48.2 Å². The molecule has 0 saturated heterocycles. The number of hydrogen-bond donors (Lipinski definition) is 1. The molecule has 28 heavy (non-hydrogen) atoms. The van der Waals surface area contributed by atoms with Crippen molar-refractivity contribution < 1.29 is 4.79 Å². The molecule has 0 radical (unpaired) electrons. The summed E-state index contributed by atoms with van der Waals surface area (Å²) in [6.45, 7) is 5.99. The number of anilines is 1. The molecule has 0 fully saturated rings. The van der Waals surface area contributed by atoms with Gasteiger partial charge >= 0.3 is 0 Å². The van der Waals surface area contributed by atoms with E-state index in [2.05, 4.69) is 26.1 Å². The standard InChI is InChI=1S/C21H19BrN4OS/c1-11-9-14-18(21(27)26(4)19(14)15(22)10-11)23-16-7-5-6-8-17(16)28-20-12(2)24-25-13(20)3/h5-10H,1-4H3,(H,24,25). The van der Waals surface area contributed by atoms with E-state index in [1.54, 1.807) is 23.7 Å². The molecule has 0 aliphatic carbocycles. The van der Waals surface area contributed by atoms with Gasteiger partial charge in [-0.15, -0.1) is 0 Å². The van der Waals surface area contributed by atoms with Crippen LogP contribution < -0.4 is 4.90 Å². The number of para-hydroxylation sites is 1. The van der Waals surface area contributed by atoms with Crippen LogP contribution in [0.2, 0.25) is 0 Å². The fourth-order valence-electron chi connectivity index (χ4n) is 3.30. The number of aliphatic imine (C=N–C) groups is 1. The van der Waals surface area contributed by atoms with Gasteiger partial charge in [-0.3, -0.25) is 9.89 Å². The Balaban J connectivity index is 1.82. The first-order valence-corrected chi connectivity index (χ1v) is 10.4. The van der Waals surface area contributed by atoms with Crippen LogP contribution in [-0.2, 0) is 4.79 Å². The molecule has 1 N–H and O–H groups in total. The molecule has 3 aromatic rings. The predicted molar refractivity (Wildman–Crippen MR) is 117 cm³/mol. The van der Waals surface area contributed by atoms with Crippen molar-refractivity contribution in [3.05, 3.63) is 63.4 Å². The summed E-state index contributed by atoms with van der Waals surface area (Å²) in [5.41, 5.74) is 6.01. The Labute approximate surface area is 176 Å². The lowest BCUT2D eigenvalue weighted by Crippen LogP contribution is -2.25. The van der Waals surface area contributed by atoms with E-state index < -0.39 is 0 Å². The maximum absolute atomic E-state index is 12.9. The molecule has 0 unspecified atom stereocenters. The van der Waals surface area contributed by atoms with E-state index in [1.165, 1.54) is 0 Å². The average Bonchev–Trinajstić information content (AvgIpc) is 3.09. The second-order valence-electron chi connectivity index (χ2n) is 6.80. The van der Waals surface area contributed by atoms with E-state index in [1.807, 2.05) is 57.2 Å². The number of benzene rings is 2. The molecular formula is C21H19BrN4OS. The molecule has 1 aromatic heterocycles. The third-order valence-corrected chi connectivity index (χ3v) is 6.65. The largest absolute Gasteiger partial charge is 0.308 e. The van der Waals surface area contributed by atoms with Gasteiger partial charge in [0.1, 0.15) is 5.71 Å². The molecule has 0 bridgehead atoms. The zero-order valence-electron chi connectivity index (χ0n) is 16.0. The topological polar surface area (TPSA) is 61.4 Å². The number of halogens is 1. The van der Waals surface area contributed by atoms with E-state index in [4.69, 9.17) is 4.99 Å². The van der Waals surface area contributed by atoms with E-state index in [-0.39, 0.29) is 5.91 Å². The highest BCUT2D eigenvalue weighted by Crippen LogP contribution is 2.40. The van der Waals surface area contributed by atoms with Crippen LogP contribution in [0.15, 0.2) is 55.7 Å².